The van der Waals surface area contributed by atoms with E-state index in [2.05, 4.69) is 11.4 Å². The van der Waals surface area contributed by atoms with Crippen molar-refractivity contribution in [3.63, 3.8) is 0 Å². The topological polar surface area (TPSA) is 29.1 Å². The minimum atomic E-state index is -0.510. The van der Waals surface area contributed by atoms with Crippen LogP contribution in [-0.4, -0.2) is 11.2 Å². The molecule has 2 aromatic rings. The second kappa shape index (κ2) is 7.34. The highest BCUT2D eigenvalue weighted by atomic mass is 32.2. The van der Waals surface area contributed by atoms with E-state index in [4.69, 9.17) is 0 Å². The number of rotatable bonds is 4. The van der Waals surface area contributed by atoms with Crippen LogP contribution < -0.4 is 5.32 Å². The predicted molar refractivity (Wildman–Crippen MR) is 91.9 cm³/mol. The quantitative estimate of drug-likeness (QED) is 0.817. The molecule has 1 aliphatic carbocycles. The molecule has 0 bridgehead atoms. The molecule has 0 unspecified atom stereocenters. The maximum absolute atomic E-state index is 13.7. The summed E-state index contributed by atoms with van der Waals surface area (Å²) in [5, 5.41) is 2.55. The number of carbonyl (C=O) groups excluding carboxylic acids is 1. The molecule has 5 heteroatoms. The average molecular weight is 347 g/mol. The Hall–Kier alpha value is -1.88. The third-order valence-electron chi connectivity index (χ3n) is 4.25. The number of amides is 1. The van der Waals surface area contributed by atoms with Crippen LogP contribution in [0.4, 0.5) is 8.78 Å². The van der Waals surface area contributed by atoms with Gasteiger partial charge in [-0.3, -0.25) is 4.79 Å². The van der Waals surface area contributed by atoms with Crippen LogP contribution in [0.25, 0.3) is 0 Å². The molecule has 24 heavy (non-hydrogen) atoms. The minimum Gasteiger partial charge on any atom is -0.348 e. The van der Waals surface area contributed by atoms with Gasteiger partial charge >= 0.3 is 0 Å². The molecule has 1 aliphatic rings. The van der Waals surface area contributed by atoms with Crippen LogP contribution in [0.1, 0.15) is 36.9 Å². The molecule has 0 saturated carbocycles. The van der Waals surface area contributed by atoms with Crippen molar-refractivity contribution in [2.24, 2.45) is 0 Å². The zero-order chi connectivity index (χ0) is 17.1. The van der Waals surface area contributed by atoms with Gasteiger partial charge in [0.1, 0.15) is 11.6 Å². The molecule has 0 spiro atoms. The number of thioether (sulfide) groups is 1. The van der Waals surface area contributed by atoms with Crippen molar-refractivity contribution in [3.05, 3.63) is 65.2 Å². The maximum atomic E-state index is 13.7. The molecule has 0 radical (unpaired) electrons. The molecule has 0 saturated heterocycles. The molecule has 0 aromatic heterocycles. The fourth-order valence-electron chi connectivity index (χ4n) is 3.00. The van der Waals surface area contributed by atoms with Crippen molar-refractivity contribution in [1.29, 1.82) is 0 Å². The standard InChI is InChI=1S/C19H19F2NOS/c1-12(24-18-11-14(20)9-10-16(18)21)19(23)22-17-8-4-6-13-5-2-3-7-15(13)17/h2-3,5,7,9-12,17H,4,6,8H2,1H3,(H,22,23)/t12-,17+/m1/s1. The molecular formula is C19H19F2NOS. The third-order valence-corrected chi connectivity index (χ3v) is 5.39. The van der Waals surface area contributed by atoms with Gasteiger partial charge in [-0.2, -0.15) is 0 Å². The lowest BCUT2D eigenvalue weighted by Gasteiger charge is -2.27. The summed E-state index contributed by atoms with van der Waals surface area (Å²) in [7, 11) is 0. The Bertz CT molecular complexity index is 750. The van der Waals surface area contributed by atoms with E-state index in [0.29, 0.717) is 0 Å². The second-order valence-electron chi connectivity index (χ2n) is 5.99. The van der Waals surface area contributed by atoms with E-state index in [0.717, 1.165) is 54.8 Å². The molecule has 1 amide bonds. The van der Waals surface area contributed by atoms with Gasteiger partial charge in [-0.25, -0.2) is 8.78 Å². The summed E-state index contributed by atoms with van der Waals surface area (Å²) in [6.07, 6.45) is 2.96. The van der Waals surface area contributed by atoms with Crippen molar-refractivity contribution in [2.45, 2.75) is 42.4 Å². The summed E-state index contributed by atoms with van der Waals surface area (Å²) in [4.78, 5) is 12.6. The first-order chi connectivity index (χ1) is 11.5. The van der Waals surface area contributed by atoms with Crippen molar-refractivity contribution >= 4 is 17.7 Å². The van der Waals surface area contributed by atoms with Crippen LogP contribution in [0.15, 0.2) is 47.4 Å². The molecule has 126 valence electrons. The second-order valence-corrected chi connectivity index (χ2v) is 7.37. The summed E-state index contributed by atoms with van der Waals surface area (Å²) < 4.78 is 27.0. The number of fused-ring (bicyclic) bond motifs is 1. The van der Waals surface area contributed by atoms with Crippen LogP contribution in [0.2, 0.25) is 0 Å². The van der Waals surface area contributed by atoms with E-state index >= 15 is 0 Å². The van der Waals surface area contributed by atoms with Crippen LogP contribution in [0.3, 0.4) is 0 Å². The fraction of sp³-hybridized carbons (Fsp3) is 0.316. The molecule has 0 heterocycles. The molecule has 2 atom stereocenters. The first kappa shape index (κ1) is 17.0. The van der Waals surface area contributed by atoms with Gasteiger partial charge in [-0.15, -0.1) is 11.8 Å². The monoisotopic (exact) mass is 347 g/mol. The normalized spacial score (nSPS) is 17.9. The Morgan fingerprint density at radius 2 is 2.04 bits per heavy atom. The number of aryl methyl sites for hydroxylation is 1. The van der Waals surface area contributed by atoms with Crippen LogP contribution in [-0.2, 0) is 11.2 Å². The fourth-order valence-corrected chi connectivity index (χ4v) is 3.92. The van der Waals surface area contributed by atoms with E-state index in [1.165, 1.54) is 5.56 Å². The summed E-state index contributed by atoms with van der Waals surface area (Å²) >= 11 is 1.04. The van der Waals surface area contributed by atoms with E-state index < -0.39 is 16.9 Å². The number of hydrogen-bond donors (Lipinski definition) is 1. The van der Waals surface area contributed by atoms with Crippen LogP contribution in [0, 0.1) is 11.6 Å². The van der Waals surface area contributed by atoms with Gasteiger partial charge in [-0.1, -0.05) is 24.3 Å². The lowest BCUT2D eigenvalue weighted by molar-refractivity contribution is -0.121. The molecule has 0 fully saturated rings. The molecule has 1 N–H and O–H groups in total. The van der Waals surface area contributed by atoms with Gasteiger partial charge < -0.3 is 5.32 Å². The summed E-state index contributed by atoms with van der Waals surface area (Å²) in [5.74, 6) is -1.18. The van der Waals surface area contributed by atoms with Crippen molar-refractivity contribution in [3.8, 4) is 0 Å². The Labute approximate surface area is 144 Å². The van der Waals surface area contributed by atoms with Crippen molar-refractivity contribution in [1.82, 2.24) is 5.32 Å². The van der Waals surface area contributed by atoms with Crippen molar-refractivity contribution in [2.75, 3.05) is 0 Å². The van der Waals surface area contributed by atoms with Gasteiger partial charge in [0.2, 0.25) is 5.91 Å². The lowest BCUT2D eigenvalue weighted by Crippen LogP contribution is -2.35. The zero-order valence-corrected chi connectivity index (χ0v) is 14.2. The highest BCUT2D eigenvalue weighted by Gasteiger charge is 2.24. The Balaban J connectivity index is 1.68. The summed E-state index contributed by atoms with van der Waals surface area (Å²) in [5.41, 5.74) is 2.43. The summed E-state index contributed by atoms with van der Waals surface area (Å²) in [6, 6.07) is 11.4. The van der Waals surface area contributed by atoms with Crippen LogP contribution >= 0.6 is 11.8 Å². The predicted octanol–water partition coefficient (Wildman–Crippen LogP) is 4.64. The van der Waals surface area contributed by atoms with E-state index in [1.807, 2.05) is 18.2 Å². The van der Waals surface area contributed by atoms with Gasteiger partial charge in [-0.05, 0) is 55.5 Å². The average Bonchev–Trinajstić information content (AvgIpc) is 2.58. The van der Waals surface area contributed by atoms with E-state index in [-0.39, 0.29) is 16.8 Å². The molecule has 2 nitrogen and oxygen atoms in total. The van der Waals surface area contributed by atoms with E-state index in [1.54, 1.807) is 6.92 Å². The molecule has 2 aromatic carbocycles. The highest BCUT2D eigenvalue weighted by Crippen LogP contribution is 2.31. The lowest BCUT2D eigenvalue weighted by atomic mass is 9.88. The van der Waals surface area contributed by atoms with Crippen LogP contribution in [0.5, 0.6) is 0 Å². The first-order valence-corrected chi connectivity index (χ1v) is 8.92. The SMILES string of the molecule is C[C@@H](Sc1cc(F)ccc1F)C(=O)N[C@H]1CCCc2ccccc21. The number of hydrogen-bond acceptors (Lipinski definition) is 2. The highest BCUT2D eigenvalue weighted by molar-refractivity contribution is 8.00. The summed E-state index contributed by atoms with van der Waals surface area (Å²) in [6.45, 7) is 1.71. The Morgan fingerprint density at radius 3 is 2.88 bits per heavy atom. The van der Waals surface area contributed by atoms with Gasteiger partial charge in [0, 0.05) is 4.90 Å². The van der Waals surface area contributed by atoms with E-state index in [9.17, 15) is 13.6 Å². The molecular weight excluding hydrogens is 328 g/mol. The Kier molecular flexibility index (Phi) is 5.19. The number of halogens is 2. The smallest absolute Gasteiger partial charge is 0.233 e. The van der Waals surface area contributed by atoms with Gasteiger partial charge in [0.05, 0.1) is 11.3 Å². The van der Waals surface area contributed by atoms with Gasteiger partial charge in [0.25, 0.3) is 0 Å². The molecule has 3 rings (SSSR count). The third kappa shape index (κ3) is 3.78. The Morgan fingerprint density at radius 1 is 1.25 bits per heavy atom. The maximum Gasteiger partial charge on any atom is 0.233 e. The number of carbonyl (C=O) groups is 1. The molecule has 0 aliphatic heterocycles. The number of nitrogens with one attached hydrogen (secondary N) is 1. The zero-order valence-electron chi connectivity index (χ0n) is 13.4. The largest absolute Gasteiger partial charge is 0.348 e. The minimum absolute atomic E-state index is 0.0112. The number of benzene rings is 2. The van der Waals surface area contributed by atoms with Crippen molar-refractivity contribution < 1.29 is 13.6 Å². The van der Waals surface area contributed by atoms with Gasteiger partial charge in [0.15, 0.2) is 0 Å². The first-order valence-electron chi connectivity index (χ1n) is 8.04.